The van der Waals surface area contributed by atoms with Crippen molar-refractivity contribution in [1.82, 2.24) is 24.6 Å². The van der Waals surface area contributed by atoms with Gasteiger partial charge in [0.25, 0.3) is 0 Å². The van der Waals surface area contributed by atoms with Crippen LogP contribution in [0.15, 0.2) is 22.7 Å². The number of nitrogens with zero attached hydrogens (tertiary/aromatic N) is 5. The minimum Gasteiger partial charge on any atom is -0.329 e. The van der Waals surface area contributed by atoms with E-state index in [1.165, 1.54) is 6.08 Å². The van der Waals surface area contributed by atoms with Crippen LogP contribution in [0.25, 0.3) is 23.2 Å². The van der Waals surface area contributed by atoms with Crippen molar-refractivity contribution in [2.24, 2.45) is 5.41 Å². The standard InChI is InChI=1S/C24H32F3N5O/c1-6-7-21-28-18-16-17(9-11-20-29-22(33-30-20)24(25,26)27)8-10-19(18)32(21)15-14-31(5)13-12-23(2,3)4/h8-11,16H,6-7,12-15H2,1-5H3/b11-9+. The van der Waals surface area contributed by atoms with E-state index in [9.17, 15) is 13.2 Å². The second-order valence-electron chi connectivity index (χ2n) is 9.58. The monoisotopic (exact) mass is 463 g/mol. The molecule has 33 heavy (non-hydrogen) atoms. The summed E-state index contributed by atoms with van der Waals surface area (Å²) in [5.74, 6) is -0.434. The zero-order chi connectivity index (χ0) is 24.2. The molecule has 0 aliphatic rings. The Morgan fingerprint density at radius 1 is 1.09 bits per heavy atom. The minimum atomic E-state index is -4.65. The van der Waals surface area contributed by atoms with Gasteiger partial charge in [-0.2, -0.15) is 18.2 Å². The van der Waals surface area contributed by atoms with Gasteiger partial charge in [0.15, 0.2) is 5.82 Å². The normalized spacial score (nSPS) is 13.1. The van der Waals surface area contributed by atoms with Crippen molar-refractivity contribution in [2.75, 3.05) is 20.1 Å². The summed E-state index contributed by atoms with van der Waals surface area (Å²) in [6, 6.07) is 5.85. The number of rotatable bonds is 9. The van der Waals surface area contributed by atoms with E-state index in [1.807, 2.05) is 18.2 Å². The SMILES string of the molecule is CCCc1nc2cc(/C=C/c3noc(C(F)(F)F)n3)ccc2n1CCN(C)CCC(C)(C)C. The molecule has 3 aromatic rings. The van der Waals surface area contributed by atoms with E-state index < -0.39 is 12.1 Å². The maximum atomic E-state index is 12.6. The van der Waals surface area contributed by atoms with Crippen LogP contribution in [-0.2, 0) is 19.1 Å². The average Bonchev–Trinajstić information content (AvgIpc) is 3.33. The van der Waals surface area contributed by atoms with Gasteiger partial charge in [-0.1, -0.05) is 45.0 Å². The number of hydrogen-bond donors (Lipinski definition) is 0. The molecule has 0 aliphatic carbocycles. The molecule has 0 unspecified atom stereocenters. The van der Waals surface area contributed by atoms with Gasteiger partial charge in [-0.3, -0.25) is 0 Å². The topological polar surface area (TPSA) is 60.0 Å². The van der Waals surface area contributed by atoms with Crippen molar-refractivity contribution in [2.45, 2.75) is 59.7 Å². The van der Waals surface area contributed by atoms with E-state index >= 15 is 0 Å². The number of aromatic nitrogens is 4. The minimum absolute atomic E-state index is 0.127. The van der Waals surface area contributed by atoms with Crippen LogP contribution >= 0.6 is 0 Å². The highest BCUT2D eigenvalue weighted by molar-refractivity contribution is 5.81. The Morgan fingerprint density at radius 2 is 1.85 bits per heavy atom. The zero-order valence-corrected chi connectivity index (χ0v) is 19.9. The van der Waals surface area contributed by atoms with Crippen molar-refractivity contribution in [3.8, 4) is 0 Å². The number of halogens is 3. The molecular formula is C24H32F3N5O. The highest BCUT2D eigenvalue weighted by Gasteiger charge is 2.38. The van der Waals surface area contributed by atoms with E-state index in [0.717, 1.165) is 61.3 Å². The molecule has 0 atom stereocenters. The third-order valence-electron chi connectivity index (χ3n) is 5.38. The highest BCUT2D eigenvalue weighted by atomic mass is 19.4. The fourth-order valence-corrected chi connectivity index (χ4v) is 3.46. The van der Waals surface area contributed by atoms with Gasteiger partial charge < -0.3 is 14.0 Å². The molecule has 3 rings (SSSR count). The van der Waals surface area contributed by atoms with Gasteiger partial charge in [0, 0.05) is 19.5 Å². The Labute approximate surface area is 192 Å². The second-order valence-corrected chi connectivity index (χ2v) is 9.58. The third kappa shape index (κ3) is 6.90. The number of fused-ring (bicyclic) bond motifs is 1. The summed E-state index contributed by atoms with van der Waals surface area (Å²) in [7, 11) is 2.15. The zero-order valence-electron chi connectivity index (χ0n) is 19.9. The van der Waals surface area contributed by atoms with Crippen LogP contribution in [-0.4, -0.2) is 44.7 Å². The lowest BCUT2D eigenvalue weighted by Gasteiger charge is -2.24. The molecule has 0 radical (unpaired) electrons. The fourth-order valence-electron chi connectivity index (χ4n) is 3.46. The molecule has 0 saturated carbocycles. The van der Waals surface area contributed by atoms with Gasteiger partial charge in [0.1, 0.15) is 5.82 Å². The summed E-state index contributed by atoms with van der Waals surface area (Å²) < 4.78 is 44.4. The van der Waals surface area contributed by atoms with Crippen molar-refractivity contribution >= 4 is 23.2 Å². The molecule has 0 aliphatic heterocycles. The molecule has 0 N–H and O–H groups in total. The van der Waals surface area contributed by atoms with Crippen LogP contribution in [0.1, 0.15) is 63.6 Å². The van der Waals surface area contributed by atoms with Gasteiger partial charge in [-0.15, -0.1) is 0 Å². The molecule has 0 amide bonds. The Balaban J connectivity index is 1.76. The Bertz CT molecular complexity index is 1090. The van der Waals surface area contributed by atoms with Gasteiger partial charge >= 0.3 is 12.1 Å². The molecule has 2 heterocycles. The molecule has 0 fully saturated rings. The van der Waals surface area contributed by atoms with Crippen LogP contribution in [0.5, 0.6) is 0 Å². The lowest BCUT2D eigenvalue weighted by molar-refractivity contribution is -0.159. The maximum Gasteiger partial charge on any atom is 0.471 e. The van der Waals surface area contributed by atoms with Crippen LogP contribution in [0.2, 0.25) is 0 Å². The lowest BCUT2D eigenvalue weighted by atomic mass is 9.92. The van der Waals surface area contributed by atoms with E-state index in [0.29, 0.717) is 5.41 Å². The van der Waals surface area contributed by atoms with E-state index in [-0.39, 0.29) is 5.82 Å². The highest BCUT2D eigenvalue weighted by Crippen LogP contribution is 2.27. The number of alkyl halides is 3. The van der Waals surface area contributed by atoms with E-state index in [1.54, 1.807) is 6.08 Å². The molecule has 1 aromatic carbocycles. The molecule has 6 nitrogen and oxygen atoms in total. The van der Waals surface area contributed by atoms with Gasteiger partial charge in [-0.25, -0.2) is 4.98 Å². The van der Waals surface area contributed by atoms with Gasteiger partial charge in [0.2, 0.25) is 0 Å². The summed E-state index contributed by atoms with van der Waals surface area (Å²) >= 11 is 0. The van der Waals surface area contributed by atoms with Crippen LogP contribution in [0.3, 0.4) is 0 Å². The smallest absolute Gasteiger partial charge is 0.329 e. The van der Waals surface area contributed by atoms with Crippen molar-refractivity contribution in [1.29, 1.82) is 0 Å². The maximum absolute atomic E-state index is 12.6. The predicted octanol–water partition coefficient (Wildman–Crippen LogP) is 5.93. The fraction of sp³-hybridized carbons (Fsp3) is 0.542. The summed E-state index contributed by atoms with van der Waals surface area (Å²) in [5, 5.41) is 3.36. The average molecular weight is 464 g/mol. The van der Waals surface area contributed by atoms with Crippen LogP contribution in [0.4, 0.5) is 13.2 Å². The lowest BCUT2D eigenvalue weighted by Crippen LogP contribution is -2.27. The van der Waals surface area contributed by atoms with E-state index in [2.05, 4.69) is 58.9 Å². The first-order valence-electron chi connectivity index (χ1n) is 11.2. The second kappa shape index (κ2) is 10.1. The summed E-state index contributed by atoms with van der Waals surface area (Å²) in [6.45, 7) is 11.7. The first-order chi connectivity index (χ1) is 15.5. The van der Waals surface area contributed by atoms with Gasteiger partial charge in [0.05, 0.1) is 11.0 Å². The number of benzene rings is 1. The Morgan fingerprint density at radius 3 is 2.48 bits per heavy atom. The van der Waals surface area contributed by atoms with Crippen molar-refractivity contribution < 1.29 is 17.7 Å². The summed E-state index contributed by atoms with van der Waals surface area (Å²) in [6.07, 6.45) is 1.42. The van der Waals surface area contributed by atoms with Gasteiger partial charge in [-0.05, 0) is 55.6 Å². The number of hydrogen-bond acceptors (Lipinski definition) is 5. The van der Waals surface area contributed by atoms with Crippen molar-refractivity contribution in [3.63, 3.8) is 0 Å². The summed E-state index contributed by atoms with van der Waals surface area (Å²) in [5.41, 5.74) is 3.03. The summed E-state index contributed by atoms with van der Waals surface area (Å²) in [4.78, 5) is 10.5. The molecular weight excluding hydrogens is 431 g/mol. The first-order valence-corrected chi connectivity index (χ1v) is 11.2. The predicted molar refractivity (Wildman–Crippen MR) is 124 cm³/mol. The molecule has 0 bridgehead atoms. The molecule has 0 spiro atoms. The first kappa shape index (κ1) is 25.0. The molecule has 180 valence electrons. The van der Waals surface area contributed by atoms with Crippen LogP contribution < -0.4 is 0 Å². The van der Waals surface area contributed by atoms with Crippen LogP contribution in [0, 0.1) is 5.41 Å². The quantitative estimate of drug-likeness (QED) is 0.394. The number of imidazole rings is 1. The Kier molecular flexibility index (Phi) is 7.62. The third-order valence-corrected chi connectivity index (χ3v) is 5.38. The largest absolute Gasteiger partial charge is 0.471 e. The van der Waals surface area contributed by atoms with E-state index in [4.69, 9.17) is 4.98 Å². The Hall–Kier alpha value is -2.68. The van der Waals surface area contributed by atoms with Crippen molar-refractivity contribution in [3.05, 3.63) is 41.3 Å². The molecule has 9 heteroatoms. The molecule has 2 aromatic heterocycles. The molecule has 0 saturated heterocycles. The number of likely N-dealkylation sites (N-methyl/N-ethyl adjacent to an activating group) is 1. The number of aryl methyl sites for hydroxylation is 1.